The van der Waals surface area contributed by atoms with Crippen LogP contribution in [0.5, 0.6) is 0 Å². The predicted octanol–water partition coefficient (Wildman–Crippen LogP) is 0.781. The lowest BCUT2D eigenvalue weighted by Gasteiger charge is -2.26. The molecule has 1 amide bonds. The Morgan fingerprint density at radius 2 is 2.04 bits per heavy atom. The summed E-state index contributed by atoms with van der Waals surface area (Å²) < 4.78 is 37.0. The summed E-state index contributed by atoms with van der Waals surface area (Å²) in [4.78, 5) is 12.5. The molecule has 24 heavy (non-hydrogen) atoms. The second kappa shape index (κ2) is 8.06. The number of carbonyl (C=O) groups excluding carboxylic acids is 1. The average molecular weight is 356 g/mol. The van der Waals surface area contributed by atoms with Crippen molar-refractivity contribution in [2.45, 2.75) is 24.8 Å². The molecule has 1 saturated heterocycles. The van der Waals surface area contributed by atoms with Gasteiger partial charge in [0.2, 0.25) is 10.0 Å². The Morgan fingerprint density at radius 3 is 2.67 bits per heavy atom. The predicted molar refractivity (Wildman–Crippen MR) is 89.6 cm³/mol. The van der Waals surface area contributed by atoms with Crippen molar-refractivity contribution in [2.75, 3.05) is 40.0 Å². The smallest absolute Gasteiger partial charge is 0.251 e. The Kier molecular flexibility index (Phi) is 6.34. The molecule has 1 aliphatic heterocycles. The summed E-state index contributed by atoms with van der Waals surface area (Å²) in [6.45, 7) is 5.40. The Balaban J connectivity index is 2.26. The molecular weight excluding hydrogens is 332 g/mol. The fourth-order valence-electron chi connectivity index (χ4n) is 2.54. The number of rotatable bonds is 6. The van der Waals surface area contributed by atoms with Crippen LogP contribution >= 0.6 is 0 Å². The summed E-state index contributed by atoms with van der Waals surface area (Å²) in [6.07, 6.45) is 0. The first-order valence-corrected chi connectivity index (χ1v) is 9.28. The molecule has 1 aromatic rings. The van der Waals surface area contributed by atoms with Gasteiger partial charge in [0.25, 0.3) is 5.91 Å². The maximum atomic E-state index is 12.7. The highest BCUT2D eigenvalue weighted by atomic mass is 32.2. The van der Waals surface area contributed by atoms with E-state index < -0.39 is 10.0 Å². The molecule has 0 aromatic heterocycles. The van der Waals surface area contributed by atoms with E-state index in [1.54, 1.807) is 20.1 Å². The first-order valence-electron chi connectivity index (χ1n) is 7.84. The number of sulfonamides is 1. The number of hydrogen-bond acceptors (Lipinski definition) is 5. The first-order chi connectivity index (χ1) is 11.4. The molecule has 2 rings (SSSR count). The van der Waals surface area contributed by atoms with Crippen LogP contribution in [0.15, 0.2) is 23.1 Å². The van der Waals surface area contributed by atoms with Gasteiger partial charge in [-0.2, -0.15) is 4.31 Å². The average Bonchev–Trinajstić information content (AvgIpc) is 2.56. The highest BCUT2D eigenvalue weighted by Crippen LogP contribution is 2.20. The minimum absolute atomic E-state index is 0.125. The van der Waals surface area contributed by atoms with E-state index in [9.17, 15) is 13.2 Å². The number of nitrogens with one attached hydrogen (secondary N) is 1. The first kappa shape index (κ1) is 18.9. The van der Waals surface area contributed by atoms with Gasteiger partial charge in [0.05, 0.1) is 24.7 Å². The van der Waals surface area contributed by atoms with Gasteiger partial charge in [-0.3, -0.25) is 4.79 Å². The van der Waals surface area contributed by atoms with E-state index in [4.69, 9.17) is 9.47 Å². The van der Waals surface area contributed by atoms with Crippen LogP contribution in [0.4, 0.5) is 0 Å². The Labute approximate surface area is 143 Å². The van der Waals surface area contributed by atoms with Crippen LogP contribution in [0, 0.1) is 6.92 Å². The standard InChI is InChI=1S/C16H24N2O5S/c1-12-4-5-14(24(20,21)18-6-8-23-9-7-18)10-15(12)16(19)17-13(2)11-22-3/h4-5,10,13H,6-9,11H2,1-3H3,(H,17,19). The zero-order chi connectivity index (χ0) is 17.7. The highest BCUT2D eigenvalue weighted by Gasteiger charge is 2.27. The van der Waals surface area contributed by atoms with E-state index in [0.29, 0.717) is 38.5 Å². The van der Waals surface area contributed by atoms with Gasteiger partial charge in [-0.1, -0.05) is 6.07 Å². The van der Waals surface area contributed by atoms with Gasteiger partial charge >= 0.3 is 0 Å². The van der Waals surface area contributed by atoms with Gasteiger partial charge in [-0.25, -0.2) is 8.42 Å². The molecular formula is C16H24N2O5S. The van der Waals surface area contributed by atoms with Crippen molar-refractivity contribution in [3.05, 3.63) is 29.3 Å². The van der Waals surface area contributed by atoms with Gasteiger partial charge in [-0.15, -0.1) is 0 Å². The van der Waals surface area contributed by atoms with E-state index >= 15 is 0 Å². The number of morpholine rings is 1. The Morgan fingerprint density at radius 1 is 1.38 bits per heavy atom. The maximum Gasteiger partial charge on any atom is 0.251 e. The Bertz CT molecular complexity index is 684. The molecule has 1 aromatic carbocycles. The summed E-state index contributed by atoms with van der Waals surface area (Å²) in [6, 6.07) is 4.47. The highest BCUT2D eigenvalue weighted by molar-refractivity contribution is 7.89. The molecule has 134 valence electrons. The number of benzene rings is 1. The number of methoxy groups -OCH3 is 1. The van der Waals surface area contributed by atoms with Gasteiger partial charge in [0.15, 0.2) is 0 Å². The van der Waals surface area contributed by atoms with Crippen molar-refractivity contribution >= 4 is 15.9 Å². The van der Waals surface area contributed by atoms with Crippen molar-refractivity contribution in [3.8, 4) is 0 Å². The minimum Gasteiger partial charge on any atom is -0.383 e. The third-order valence-corrected chi connectivity index (χ3v) is 5.75. The molecule has 0 radical (unpaired) electrons. The molecule has 1 atom stereocenters. The van der Waals surface area contributed by atoms with Crippen molar-refractivity contribution < 1.29 is 22.7 Å². The SMILES string of the molecule is COCC(C)NC(=O)c1cc(S(=O)(=O)N2CCOCC2)ccc1C. The number of carbonyl (C=O) groups is 1. The lowest BCUT2D eigenvalue weighted by Crippen LogP contribution is -2.40. The topological polar surface area (TPSA) is 84.9 Å². The van der Waals surface area contributed by atoms with Gasteiger partial charge in [-0.05, 0) is 31.5 Å². The van der Waals surface area contributed by atoms with Crippen LogP contribution in [0.3, 0.4) is 0 Å². The molecule has 0 aliphatic carbocycles. The second-order valence-electron chi connectivity index (χ2n) is 5.82. The monoisotopic (exact) mass is 356 g/mol. The summed E-state index contributed by atoms with van der Waals surface area (Å²) in [5, 5.41) is 2.80. The van der Waals surface area contributed by atoms with Crippen LogP contribution in [0.2, 0.25) is 0 Å². The number of nitrogens with zero attached hydrogens (tertiary/aromatic N) is 1. The van der Waals surface area contributed by atoms with Crippen molar-refractivity contribution in [1.29, 1.82) is 0 Å². The number of aryl methyl sites for hydroxylation is 1. The second-order valence-corrected chi connectivity index (χ2v) is 7.76. The molecule has 0 spiro atoms. The maximum absolute atomic E-state index is 12.7. The fraction of sp³-hybridized carbons (Fsp3) is 0.562. The molecule has 1 heterocycles. The Hall–Kier alpha value is -1.48. The quantitative estimate of drug-likeness (QED) is 0.814. The fourth-order valence-corrected chi connectivity index (χ4v) is 3.97. The zero-order valence-electron chi connectivity index (χ0n) is 14.2. The lowest BCUT2D eigenvalue weighted by molar-refractivity contribution is 0.0730. The number of ether oxygens (including phenoxy) is 2. The number of amides is 1. The van der Waals surface area contributed by atoms with Crippen molar-refractivity contribution in [3.63, 3.8) is 0 Å². The third-order valence-electron chi connectivity index (χ3n) is 3.86. The molecule has 7 nitrogen and oxygen atoms in total. The summed E-state index contributed by atoms with van der Waals surface area (Å²) >= 11 is 0. The normalized spacial score (nSPS) is 17.5. The largest absolute Gasteiger partial charge is 0.383 e. The van der Waals surface area contributed by atoms with E-state index in [0.717, 1.165) is 5.56 Å². The molecule has 1 unspecified atom stereocenters. The van der Waals surface area contributed by atoms with Crippen LogP contribution in [-0.2, 0) is 19.5 Å². The summed E-state index contributed by atoms with van der Waals surface area (Å²) in [5.74, 6) is -0.309. The van der Waals surface area contributed by atoms with Crippen LogP contribution in [-0.4, -0.2) is 64.7 Å². The molecule has 0 bridgehead atoms. The molecule has 1 aliphatic rings. The van der Waals surface area contributed by atoms with Crippen molar-refractivity contribution in [2.24, 2.45) is 0 Å². The summed E-state index contributed by atoms with van der Waals surface area (Å²) in [5.41, 5.74) is 1.07. The van der Waals surface area contributed by atoms with Gasteiger partial charge in [0, 0.05) is 31.8 Å². The van der Waals surface area contributed by atoms with E-state index in [1.807, 2.05) is 6.92 Å². The van der Waals surface area contributed by atoms with E-state index in [1.165, 1.54) is 16.4 Å². The van der Waals surface area contributed by atoms with Gasteiger partial charge < -0.3 is 14.8 Å². The molecule has 0 saturated carbocycles. The minimum atomic E-state index is -3.62. The van der Waals surface area contributed by atoms with E-state index in [-0.39, 0.29) is 16.8 Å². The molecule has 1 fully saturated rings. The zero-order valence-corrected chi connectivity index (χ0v) is 15.1. The third kappa shape index (κ3) is 4.32. The van der Waals surface area contributed by atoms with Crippen LogP contribution in [0.25, 0.3) is 0 Å². The van der Waals surface area contributed by atoms with Gasteiger partial charge in [0.1, 0.15) is 0 Å². The molecule has 1 N–H and O–H groups in total. The summed E-state index contributed by atoms with van der Waals surface area (Å²) in [7, 11) is -2.07. The van der Waals surface area contributed by atoms with Crippen molar-refractivity contribution in [1.82, 2.24) is 9.62 Å². The van der Waals surface area contributed by atoms with E-state index in [2.05, 4.69) is 5.32 Å². The lowest BCUT2D eigenvalue weighted by atomic mass is 10.1. The van der Waals surface area contributed by atoms with Crippen LogP contribution in [0.1, 0.15) is 22.8 Å². The van der Waals surface area contributed by atoms with Crippen LogP contribution < -0.4 is 5.32 Å². The molecule has 8 heteroatoms. The number of hydrogen-bond donors (Lipinski definition) is 1.